The Morgan fingerprint density at radius 1 is 0.884 bits per heavy atom. The number of alkyl halides is 3. The van der Waals surface area contributed by atoms with Crippen LogP contribution in [0.3, 0.4) is 0 Å². The minimum atomic E-state index is -4.51. The van der Waals surface area contributed by atoms with E-state index in [2.05, 4.69) is 22.1 Å². The molecular weight excluding hydrogens is 551 g/mol. The van der Waals surface area contributed by atoms with Gasteiger partial charge in [0.25, 0.3) is 5.91 Å². The number of carbonyl (C=O) groups excluding carboxylic acids is 2. The lowest BCUT2D eigenvalue weighted by molar-refractivity contribution is -0.138. The number of nitrogens with one attached hydrogen (secondary N) is 2. The second kappa shape index (κ2) is 11.4. The van der Waals surface area contributed by atoms with Gasteiger partial charge in [-0.05, 0) is 83.1 Å². The lowest BCUT2D eigenvalue weighted by atomic mass is 9.88. The van der Waals surface area contributed by atoms with Crippen molar-refractivity contribution in [1.82, 2.24) is 9.88 Å². The summed E-state index contributed by atoms with van der Waals surface area (Å²) >= 11 is 0. The van der Waals surface area contributed by atoms with E-state index in [0.29, 0.717) is 23.2 Å². The smallest absolute Gasteiger partial charge is 0.346 e. The van der Waals surface area contributed by atoms with E-state index in [9.17, 15) is 22.8 Å². The van der Waals surface area contributed by atoms with Crippen molar-refractivity contribution in [2.75, 3.05) is 11.9 Å². The van der Waals surface area contributed by atoms with Crippen LogP contribution in [0, 0.1) is 0 Å². The molecule has 1 aliphatic rings. The van der Waals surface area contributed by atoms with Gasteiger partial charge >= 0.3 is 6.18 Å². The maximum atomic E-state index is 13.4. The van der Waals surface area contributed by atoms with Crippen molar-refractivity contribution in [2.24, 2.45) is 0 Å². The van der Waals surface area contributed by atoms with Crippen LogP contribution in [-0.4, -0.2) is 29.1 Å². The fourth-order valence-electron chi connectivity index (χ4n) is 5.99. The summed E-state index contributed by atoms with van der Waals surface area (Å²) in [7, 11) is 0. The number of nitrogens with zero attached hydrogens (tertiary/aromatic N) is 1. The van der Waals surface area contributed by atoms with Crippen molar-refractivity contribution in [1.29, 1.82) is 0 Å². The van der Waals surface area contributed by atoms with Crippen LogP contribution in [0.5, 0.6) is 0 Å². The number of aromatic nitrogens is 1. The number of fused-ring (bicyclic) bond motifs is 4. The fourth-order valence-corrected chi connectivity index (χ4v) is 5.99. The predicted octanol–water partition coefficient (Wildman–Crippen LogP) is 8.02. The minimum absolute atomic E-state index is 0.200. The molecule has 2 amide bonds. The van der Waals surface area contributed by atoms with E-state index in [1.807, 2.05) is 85.1 Å². The third kappa shape index (κ3) is 5.52. The first-order chi connectivity index (χ1) is 20.7. The molecule has 0 bridgehead atoms. The van der Waals surface area contributed by atoms with E-state index in [-0.39, 0.29) is 5.91 Å². The molecule has 1 heterocycles. The molecule has 1 unspecified atom stereocenters. The number of anilines is 1. The second-order valence-electron chi connectivity index (χ2n) is 10.8. The summed E-state index contributed by atoms with van der Waals surface area (Å²) in [4.78, 5) is 26.1. The zero-order chi connectivity index (χ0) is 30.1. The molecule has 1 aromatic heterocycles. The second-order valence-corrected chi connectivity index (χ2v) is 10.8. The fraction of sp³-hybridized carbons (Fsp3) is 0.200. The molecule has 1 aliphatic carbocycles. The summed E-state index contributed by atoms with van der Waals surface area (Å²) in [5.74, 6) is -1.70. The summed E-state index contributed by atoms with van der Waals surface area (Å²) in [6.45, 7) is 0.705. The third-order valence-electron chi connectivity index (χ3n) is 7.93. The van der Waals surface area contributed by atoms with E-state index in [4.69, 9.17) is 0 Å². The molecule has 0 aliphatic heterocycles. The van der Waals surface area contributed by atoms with E-state index in [0.717, 1.165) is 51.7 Å². The maximum absolute atomic E-state index is 13.4. The number of hydrogen-bond acceptors (Lipinski definition) is 2. The van der Waals surface area contributed by atoms with Crippen LogP contribution in [-0.2, 0) is 11.2 Å². The van der Waals surface area contributed by atoms with E-state index in [1.54, 1.807) is 12.1 Å². The van der Waals surface area contributed by atoms with Crippen molar-refractivity contribution in [3.8, 4) is 16.8 Å². The predicted molar refractivity (Wildman–Crippen MR) is 163 cm³/mol. The van der Waals surface area contributed by atoms with E-state index < -0.39 is 24.5 Å². The van der Waals surface area contributed by atoms with Crippen molar-refractivity contribution in [3.05, 3.63) is 119 Å². The molecular formula is C35H30F3N3O2. The monoisotopic (exact) mass is 581 g/mol. The molecule has 4 aromatic carbocycles. The normalized spacial score (nSPS) is 13.9. The highest BCUT2D eigenvalue weighted by molar-refractivity contribution is 6.05. The van der Waals surface area contributed by atoms with Gasteiger partial charge in [0, 0.05) is 28.5 Å². The van der Waals surface area contributed by atoms with Crippen LogP contribution >= 0.6 is 0 Å². The third-order valence-corrected chi connectivity index (χ3v) is 7.93. The van der Waals surface area contributed by atoms with Crippen molar-refractivity contribution < 1.29 is 22.8 Å². The number of amides is 2. The van der Waals surface area contributed by atoms with Crippen molar-refractivity contribution in [3.63, 3.8) is 0 Å². The number of carbonyl (C=O) groups is 2. The van der Waals surface area contributed by atoms with E-state index >= 15 is 0 Å². The Kier molecular flexibility index (Phi) is 7.52. The van der Waals surface area contributed by atoms with Crippen LogP contribution in [0.2, 0.25) is 0 Å². The van der Waals surface area contributed by atoms with Crippen LogP contribution in [0.4, 0.5) is 18.9 Å². The van der Waals surface area contributed by atoms with Gasteiger partial charge < -0.3 is 15.2 Å². The Morgan fingerprint density at radius 3 is 2.42 bits per heavy atom. The van der Waals surface area contributed by atoms with Gasteiger partial charge in [0.2, 0.25) is 5.91 Å². The molecule has 1 atom stereocenters. The number of rotatable bonds is 8. The number of halogens is 3. The van der Waals surface area contributed by atoms with Gasteiger partial charge in [0.1, 0.15) is 6.54 Å². The largest absolute Gasteiger partial charge is 0.405 e. The maximum Gasteiger partial charge on any atom is 0.405 e. The van der Waals surface area contributed by atoms with Gasteiger partial charge in [0.15, 0.2) is 0 Å². The average Bonchev–Trinajstić information content (AvgIpc) is 3.58. The van der Waals surface area contributed by atoms with Crippen molar-refractivity contribution >= 4 is 28.4 Å². The Bertz CT molecular complexity index is 1830. The Balaban J connectivity index is 1.42. The SMILES string of the molecule is CCCCc1c(-n2ccc3cc(NC(=O)c4ccccc4)ccc32)ccc2c1C(C(=O)NCC(F)(F)F)c1ccccc1-2. The highest BCUT2D eigenvalue weighted by Crippen LogP contribution is 2.48. The lowest BCUT2D eigenvalue weighted by Gasteiger charge is -2.21. The summed E-state index contributed by atoms with van der Waals surface area (Å²) < 4.78 is 41.3. The summed E-state index contributed by atoms with van der Waals surface area (Å²) in [5.41, 5.74) is 7.17. The molecule has 5 nitrogen and oxygen atoms in total. The zero-order valence-electron chi connectivity index (χ0n) is 23.5. The lowest BCUT2D eigenvalue weighted by Crippen LogP contribution is -2.37. The highest BCUT2D eigenvalue weighted by atomic mass is 19.4. The molecule has 0 fully saturated rings. The standard InChI is InChI=1S/C35H30F3N3O2/c1-2-3-11-28-30(41-19-18-23-20-24(14-16-29(23)41)40-33(42)22-9-5-4-6-10-22)17-15-27-25-12-7-8-13-26(25)32(31(27)28)34(43)39-21-35(36,37)38/h4-10,12-20,32H,2-3,11,21H2,1H3,(H,39,43)(H,40,42). The first-order valence-electron chi connectivity index (χ1n) is 14.3. The minimum Gasteiger partial charge on any atom is -0.346 e. The average molecular weight is 582 g/mol. The first-order valence-corrected chi connectivity index (χ1v) is 14.3. The molecule has 43 heavy (non-hydrogen) atoms. The molecule has 0 saturated heterocycles. The van der Waals surface area contributed by atoms with Crippen LogP contribution in [0.25, 0.3) is 27.7 Å². The Labute approximate surface area is 247 Å². The van der Waals surface area contributed by atoms with Gasteiger partial charge in [0.05, 0.1) is 11.4 Å². The molecule has 0 radical (unpaired) electrons. The van der Waals surface area contributed by atoms with Gasteiger partial charge in [-0.1, -0.05) is 61.9 Å². The number of hydrogen-bond donors (Lipinski definition) is 2. The van der Waals surface area contributed by atoms with Crippen LogP contribution in [0.15, 0.2) is 97.2 Å². The highest BCUT2D eigenvalue weighted by Gasteiger charge is 2.38. The summed E-state index contributed by atoms with van der Waals surface area (Å²) in [6, 6.07) is 28.1. The molecule has 2 N–H and O–H groups in total. The van der Waals surface area contributed by atoms with Gasteiger partial charge in [-0.25, -0.2) is 0 Å². The zero-order valence-corrected chi connectivity index (χ0v) is 23.5. The van der Waals surface area contributed by atoms with Crippen LogP contribution in [0.1, 0.15) is 52.7 Å². The molecule has 6 rings (SSSR count). The van der Waals surface area contributed by atoms with Crippen molar-refractivity contribution in [2.45, 2.75) is 38.3 Å². The molecule has 0 spiro atoms. The first kappa shape index (κ1) is 28.3. The molecule has 0 saturated carbocycles. The van der Waals surface area contributed by atoms with Crippen LogP contribution < -0.4 is 10.6 Å². The summed E-state index contributed by atoms with van der Waals surface area (Å²) in [6.07, 6.45) is -0.126. The quantitative estimate of drug-likeness (QED) is 0.195. The molecule has 5 aromatic rings. The van der Waals surface area contributed by atoms with Gasteiger partial charge in [-0.2, -0.15) is 13.2 Å². The number of benzene rings is 4. The van der Waals surface area contributed by atoms with Gasteiger partial charge in [-0.15, -0.1) is 0 Å². The van der Waals surface area contributed by atoms with Gasteiger partial charge in [-0.3, -0.25) is 9.59 Å². The molecule has 218 valence electrons. The topological polar surface area (TPSA) is 63.1 Å². The summed E-state index contributed by atoms with van der Waals surface area (Å²) in [5, 5.41) is 6.01. The Morgan fingerprint density at radius 2 is 1.65 bits per heavy atom. The Hall–Kier alpha value is -4.85. The van der Waals surface area contributed by atoms with E-state index in [1.165, 1.54) is 0 Å². The number of unbranched alkanes of at least 4 members (excludes halogenated alkanes) is 1. The molecule has 8 heteroatoms.